The SMILES string of the molecule is Cc1oc(-c2cccc(Cl)c2)nc1CN(C)S(C)(=O)=O. The van der Waals surface area contributed by atoms with Gasteiger partial charge in [0.05, 0.1) is 18.5 Å². The van der Waals surface area contributed by atoms with Gasteiger partial charge in [0.1, 0.15) is 5.76 Å². The minimum absolute atomic E-state index is 0.175. The van der Waals surface area contributed by atoms with E-state index in [2.05, 4.69) is 4.98 Å². The van der Waals surface area contributed by atoms with Crippen molar-refractivity contribution in [1.82, 2.24) is 9.29 Å². The van der Waals surface area contributed by atoms with Crippen LogP contribution >= 0.6 is 11.6 Å². The number of hydrogen-bond acceptors (Lipinski definition) is 4. The lowest BCUT2D eigenvalue weighted by Gasteiger charge is -2.11. The number of oxazole rings is 1. The Morgan fingerprint density at radius 3 is 2.70 bits per heavy atom. The van der Waals surface area contributed by atoms with E-state index in [1.807, 2.05) is 6.07 Å². The van der Waals surface area contributed by atoms with Gasteiger partial charge < -0.3 is 4.42 Å². The summed E-state index contributed by atoms with van der Waals surface area (Å²) >= 11 is 5.93. The molecule has 0 spiro atoms. The molecule has 0 fully saturated rings. The predicted molar refractivity (Wildman–Crippen MR) is 78.0 cm³/mol. The Bertz CT molecular complexity index is 725. The lowest BCUT2D eigenvalue weighted by Crippen LogP contribution is -2.25. The van der Waals surface area contributed by atoms with Crippen LogP contribution in [0.3, 0.4) is 0 Å². The van der Waals surface area contributed by atoms with Crippen LogP contribution < -0.4 is 0 Å². The van der Waals surface area contributed by atoms with Crippen molar-refractivity contribution in [2.45, 2.75) is 13.5 Å². The van der Waals surface area contributed by atoms with E-state index < -0.39 is 10.0 Å². The Morgan fingerprint density at radius 2 is 2.10 bits per heavy atom. The van der Waals surface area contributed by atoms with Crippen LogP contribution in [0.25, 0.3) is 11.5 Å². The van der Waals surface area contributed by atoms with Crippen LogP contribution in [0.1, 0.15) is 11.5 Å². The second kappa shape index (κ2) is 5.55. The van der Waals surface area contributed by atoms with Gasteiger partial charge in [-0.3, -0.25) is 0 Å². The van der Waals surface area contributed by atoms with Gasteiger partial charge in [-0.15, -0.1) is 0 Å². The molecule has 2 aromatic rings. The van der Waals surface area contributed by atoms with E-state index in [4.69, 9.17) is 16.0 Å². The summed E-state index contributed by atoms with van der Waals surface area (Å²) < 4.78 is 29.6. The van der Waals surface area contributed by atoms with E-state index in [1.54, 1.807) is 25.1 Å². The first kappa shape index (κ1) is 15.0. The minimum atomic E-state index is -3.25. The summed E-state index contributed by atoms with van der Waals surface area (Å²) in [6, 6.07) is 7.15. The maximum Gasteiger partial charge on any atom is 0.226 e. The van der Waals surface area contributed by atoms with Crippen molar-refractivity contribution in [3.05, 3.63) is 40.7 Å². The van der Waals surface area contributed by atoms with E-state index in [1.165, 1.54) is 11.4 Å². The van der Waals surface area contributed by atoms with Gasteiger partial charge in [0.25, 0.3) is 0 Å². The van der Waals surface area contributed by atoms with Gasteiger partial charge in [0.2, 0.25) is 15.9 Å². The average Bonchev–Trinajstić information content (AvgIpc) is 2.70. The van der Waals surface area contributed by atoms with Crippen LogP contribution in [0.2, 0.25) is 5.02 Å². The summed E-state index contributed by atoms with van der Waals surface area (Å²) in [7, 11) is -1.75. The Labute approximate surface area is 123 Å². The quantitative estimate of drug-likeness (QED) is 0.870. The Morgan fingerprint density at radius 1 is 1.40 bits per heavy atom. The van der Waals surface area contributed by atoms with Crippen molar-refractivity contribution >= 4 is 21.6 Å². The molecule has 0 amide bonds. The van der Waals surface area contributed by atoms with E-state index in [0.29, 0.717) is 22.4 Å². The van der Waals surface area contributed by atoms with Gasteiger partial charge >= 0.3 is 0 Å². The molecule has 1 aromatic heterocycles. The van der Waals surface area contributed by atoms with Crippen LogP contribution in [-0.2, 0) is 16.6 Å². The fourth-order valence-corrected chi connectivity index (χ4v) is 2.19. The lowest BCUT2D eigenvalue weighted by molar-refractivity contribution is 0.462. The van der Waals surface area contributed by atoms with Gasteiger partial charge in [-0.2, -0.15) is 4.31 Å². The number of rotatable bonds is 4. The number of hydrogen-bond donors (Lipinski definition) is 0. The first-order chi connectivity index (χ1) is 9.27. The molecule has 0 atom stereocenters. The average molecular weight is 315 g/mol. The summed E-state index contributed by atoms with van der Waals surface area (Å²) in [5.41, 5.74) is 1.35. The van der Waals surface area contributed by atoms with Crippen LogP contribution in [0.5, 0.6) is 0 Å². The van der Waals surface area contributed by atoms with Crippen LogP contribution in [0, 0.1) is 6.92 Å². The molecule has 1 aromatic carbocycles. The van der Waals surface area contributed by atoms with Gasteiger partial charge in [0.15, 0.2) is 0 Å². The number of halogens is 1. The number of aryl methyl sites for hydroxylation is 1. The van der Waals surface area contributed by atoms with E-state index >= 15 is 0 Å². The normalized spacial score (nSPS) is 12.1. The third kappa shape index (κ3) is 3.39. The third-order valence-corrected chi connectivity index (χ3v) is 4.40. The van der Waals surface area contributed by atoms with E-state index in [0.717, 1.165) is 11.8 Å². The fraction of sp³-hybridized carbons (Fsp3) is 0.308. The van der Waals surface area contributed by atoms with Crippen molar-refractivity contribution in [3.8, 4) is 11.5 Å². The summed E-state index contributed by atoms with van der Waals surface area (Å²) in [5.74, 6) is 1.03. The topological polar surface area (TPSA) is 63.4 Å². The Balaban J connectivity index is 2.31. The molecule has 20 heavy (non-hydrogen) atoms. The first-order valence-corrected chi connectivity index (χ1v) is 8.13. The molecule has 0 aliphatic rings. The summed E-state index contributed by atoms with van der Waals surface area (Å²) in [4.78, 5) is 4.34. The highest BCUT2D eigenvalue weighted by Gasteiger charge is 2.17. The molecule has 0 saturated carbocycles. The molecule has 0 aliphatic heterocycles. The zero-order valence-electron chi connectivity index (χ0n) is 11.4. The zero-order chi connectivity index (χ0) is 14.9. The molecule has 0 saturated heterocycles. The molecule has 2 rings (SSSR count). The molecular formula is C13H15ClN2O3S. The molecule has 0 bridgehead atoms. The molecule has 0 radical (unpaired) electrons. The van der Waals surface area contributed by atoms with Gasteiger partial charge in [0, 0.05) is 17.6 Å². The van der Waals surface area contributed by atoms with Crippen molar-refractivity contribution < 1.29 is 12.8 Å². The Kier molecular flexibility index (Phi) is 4.17. The molecule has 5 nitrogen and oxygen atoms in total. The number of aromatic nitrogens is 1. The fourth-order valence-electron chi connectivity index (χ4n) is 1.65. The van der Waals surface area contributed by atoms with E-state index in [-0.39, 0.29) is 6.54 Å². The maximum atomic E-state index is 11.4. The molecule has 7 heteroatoms. The lowest BCUT2D eigenvalue weighted by atomic mass is 10.2. The van der Waals surface area contributed by atoms with Gasteiger partial charge in [-0.05, 0) is 25.1 Å². The maximum absolute atomic E-state index is 11.4. The number of nitrogens with zero attached hydrogens (tertiary/aromatic N) is 2. The van der Waals surface area contributed by atoms with Crippen LogP contribution in [0.4, 0.5) is 0 Å². The second-order valence-electron chi connectivity index (χ2n) is 4.55. The molecule has 0 aliphatic carbocycles. The summed E-state index contributed by atoms with van der Waals surface area (Å²) in [6.07, 6.45) is 1.15. The van der Waals surface area contributed by atoms with Crippen molar-refractivity contribution in [3.63, 3.8) is 0 Å². The smallest absolute Gasteiger partial charge is 0.226 e. The highest BCUT2D eigenvalue weighted by atomic mass is 35.5. The van der Waals surface area contributed by atoms with Gasteiger partial charge in [-0.1, -0.05) is 17.7 Å². The highest BCUT2D eigenvalue weighted by Crippen LogP contribution is 2.24. The zero-order valence-corrected chi connectivity index (χ0v) is 13.0. The van der Waals surface area contributed by atoms with Gasteiger partial charge in [-0.25, -0.2) is 13.4 Å². The highest BCUT2D eigenvalue weighted by molar-refractivity contribution is 7.88. The molecule has 0 N–H and O–H groups in total. The largest absolute Gasteiger partial charge is 0.441 e. The number of sulfonamides is 1. The first-order valence-electron chi connectivity index (χ1n) is 5.91. The molecule has 1 heterocycles. The molecular weight excluding hydrogens is 300 g/mol. The minimum Gasteiger partial charge on any atom is -0.441 e. The Hall–Kier alpha value is -1.37. The molecule has 0 unspecified atom stereocenters. The standard InChI is InChI=1S/C13H15ClN2O3S/c1-9-12(8-16(2)20(3,17)18)15-13(19-9)10-5-4-6-11(14)7-10/h4-7H,8H2,1-3H3. The van der Waals surface area contributed by atoms with Crippen LogP contribution in [0.15, 0.2) is 28.7 Å². The van der Waals surface area contributed by atoms with E-state index in [9.17, 15) is 8.42 Å². The van der Waals surface area contributed by atoms with Crippen molar-refractivity contribution in [2.75, 3.05) is 13.3 Å². The third-order valence-electron chi connectivity index (χ3n) is 2.90. The van der Waals surface area contributed by atoms with Crippen molar-refractivity contribution in [2.24, 2.45) is 0 Å². The number of benzene rings is 1. The predicted octanol–water partition coefficient (Wildman–Crippen LogP) is 2.69. The second-order valence-corrected chi connectivity index (χ2v) is 7.08. The van der Waals surface area contributed by atoms with Crippen LogP contribution in [-0.4, -0.2) is 31.0 Å². The summed E-state index contributed by atoms with van der Waals surface area (Å²) in [5, 5.41) is 0.591. The monoisotopic (exact) mass is 314 g/mol. The summed E-state index contributed by atoms with van der Waals surface area (Å²) in [6.45, 7) is 1.93. The molecule has 108 valence electrons. The van der Waals surface area contributed by atoms with Crippen molar-refractivity contribution in [1.29, 1.82) is 0 Å².